The van der Waals surface area contributed by atoms with Gasteiger partial charge in [-0.05, 0) is 24.6 Å². The predicted molar refractivity (Wildman–Crippen MR) is 56.8 cm³/mol. The van der Waals surface area contributed by atoms with Crippen LogP contribution in [0.3, 0.4) is 0 Å². The molecule has 0 aliphatic heterocycles. The molecule has 0 aliphatic rings. The Morgan fingerprint density at radius 3 is 2.14 bits per heavy atom. The highest BCUT2D eigenvalue weighted by molar-refractivity contribution is 7.91. The van der Waals surface area contributed by atoms with Crippen LogP contribution in [0, 0.1) is 0 Å². The normalized spacial score (nSPS) is 13.9. The average molecular weight is 213 g/mol. The van der Waals surface area contributed by atoms with E-state index >= 15 is 0 Å². The molecule has 14 heavy (non-hydrogen) atoms. The Balaban J connectivity index is 3.06. The molecule has 3 nitrogen and oxygen atoms in total. The van der Waals surface area contributed by atoms with E-state index in [9.17, 15) is 8.42 Å². The van der Waals surface area contributed by atoms with E-state index in [4.69, 9.17) is 5.73 Å². The Labute approximate surface area is 84.9 Å². The number of nitrogens with two attached hydrogens (primary N) is 1. The third kappa shape index (κ3) is 2.33. The molecule has 0 heterocycles. The lowest BCUT2D eigenvalue weighted by molar-refractivity contribution is 0.597. The summed E-state index contributed by atoms with van der Waals surface area (Å²) in [7, 11) is -3.08. The maximum absolute atomic E-state index is 11.5. The van der Waals surface area contributed by atoms with Crippen LogP contribution in [0.4, 0.5) is 0 Å². The molecule has 1 atom stereocenters. The molecule has 78 valence electrons. The smallest absolute Gasteiger partial charge is 0.178 e. The lowest BCUT2D eigenvalue weighted by Crippen LogP contribution is -2.07. The first-order valence-electron chi connectivity index (χ1n) is 4.55. The third-order valence-corrected chi connectivity index (χ3v) is 3.90. The summed E-state index contributed by atoms with van der Waals surface area (Å²) < 4.78 is 22.9. The Morgan fingerprint density at radius 2 is 1.79 bits per heavy atom. The lowest BCUT2D eigenvalue weighted by Gasteiger charge is -2.06. The summed E-state index contributed by atoms with van der Waals surface area (Å²) in [6.07, 6.45) is 0. The molecule has 1 aromatic rings. The van der Waals surface area contributed by atoms with E-state index in [0.717, 1.165) is 5.56 Å². The van der Waals surface area contributed by atoms with Gasteiger partial charge in [-0.1, -0.05) is 19.1 Å². The van der Waals surface area contributed by atoms with Gasteiger partial charge < -0.3 is 5.73 Å². The molecule has 0 unspecified atom stereocenters. The largest absolute Gasteiger partial charge is 0.324 e. The van der Waals surface area contributed by atoms with Crippen molar-refractivity contribution in [3.05, 3.63) is 29.8 Å². The summed E-state index contributed by atoms with van der Waals surface area (Å²) >= 11 is 0. The second kappa shape index (κ2) is 4.11. The quantitative estimate of drug-likeness (QED) is 0.827. The standard InChI is InChI=1S/C10H15NO2S/c1-3-14(12,13)10-6-4-9(5-7-10)8(2)11/h4-8H,3,11H2,1-2H3/t8-/m1/s1. The fourth-order valence-corrected chi connectivity index (χ4v) is 2.03. The minimum atomic E-state index is -3.08. The van der Waals surface area contributed by atoms with Gasteiger partial charge in [-0.15, -0.1) is 0 Å². The Morgan fingerprint density at radius 1 is 1.29 bits per heavy atom. The zero-order valence-electron chi connectivity index (χ0n) is 8.40. The fourth-order valence-electron chi connectivity index (χ4n) is 1.15. The minimum absolute atomic E-state index is 0.0617. The second-order valence-corrected chi connectivity index (χ2v) is 5.54. The molecule has 0 saturated heterocycles. The highest BCUT2D eigenvalue weighted by atomic mass is 32.2. The van der Waals surface area contributed by atoms with Crippen molar-refractivity contribution in [2.24, 2.45) is 5.73 Å². The van der Waals surface area contributed by atoms with Gasteiger partial charge in [0, 0.05) is 6.04 Å². The van der Waals surface area contributed by atoms with E-state index in [2.05, 4.69) is 0 Å². The summed E-state index contributed by atoms with van der Waals surface area (Å²) in [5.74, 6) is 0.129. The molecule has 0 bridgehead atoms. The van der Waals surface area contributed by atoms with Crippen molar-refractivity contribution in [2.75, 3.05) is 5.75 Å². The van der Waals surface area contributed by atoms with Crippen molar-refractivity contribution in [1.29, 1.82) is 0 Å². The van der Waals surface area contributed by atoms with Crippen LogP contribution in [-0.2, 0) is 9.84 Å². The van der Waals surface area contributed by atoms with E-state index in [1.807, 2.05) is 6.92 Å². The van der Waals surface area contributed by atoms with Crippen LogP contribution in [0.25, 0.3) is 0 Å². The van der Waals surface area contributed by atoms with Gasteiger partial charge in [0.1, 0.15) is 0 Å². The molecule has 4 heteroatoms. The topological polar surface area (TPSA) is 60.2 Å². The van der Waals surface area contributed by atoms with Crippen LogP contribution < -0.4 is 5.73 Å². The number of rotatable bonds is 3. The average Bonchev–Trinajstić information content (AvgIpc) is 2.18. The molecule has 2 N–H and O–H groups in total. The van der Waals surface area contributed by atoms with Crippen LogP contribution in [0.2, 0.25) is 0 Å². The first kappa shape index (κ1) is 11.2. The molecule has 0 aliphatic carbocycles. The van der Waals surface area contributed by atoms with Gasteiger partial charge in [0.15, 0.2) is 9.84 Å². The Hall–Kier alpha value is -0.870. The van der Waals surface area contributed by atoms with Gasteiger partial charge >= 0.3 is 0 Å². The van der Waals surface area contributed by atoms with Gasteiger partial charge in [0.25, 0.3) is 0 Å². The Kier molecular flexibility index (Phi) is 3.29. The van der Waals surface area contributed by atoms with E-state index in [-0.39, 0.29) is 11.8 Å². The molecule has 0 radical (unpaired) electrons. The van der Waals surface area contributed by atoms with E-state index in [1.165, 1.54) is 0 Å². The summed E-state index contributed by atoms with van der Waals surface area (Å²) in [6.45, 7) is 3.50. The van der Waals surface area contributed by atoms with Crippen LogP contribution in [0.15, 0.2) is 29.2 Å². The number of hydrogen-bond donors (Lipinski definition) is 1. The van der Waals surface area contributed by atoms with Gasteiger partial charge in [-0.3, -0.25) is 0 Å². The zero-order valence-corrected chi connectivity index (χ0v) is 9.21. The van der Waals surface area contributed by atoms with Gasteiger partial charge in [0.05, 0.1) is 10.6 Å². The lowest BCUT2D eigenvalue weighted by atomic mass is 10.1. The maximum atomic E-state index is 11.5. The molecule has 0 spiro atoms. The number of sulfone groups is 1. The van der Waals surface area contributed by atoms with Gasteiger partial charge in [-0.25, -0.2) is 8.42 Å². The molecule has 0 fully saturated rings. The van der Waals surface area contributed by atoms with Crippen molar-refractivity contribution in [2.45, 2.75) is 24.8 Å². The van der Waals surface area contributed by atoms with Gasteiger partial charge in [-0.2, -0.15) is 0 Å². The second-order valence-electron chi connectivity index (χ2n) is 3.26. The minimum Gasteiger partial charge on any atom is -0.324 e. The van der Waals surface area contributed by atoms with Crippen molar-refractivity contribution >= 4 is 9.84 Å². The van der Waals surface area contributed by atoms with Crippen molar-refractivity contribution in [3.8, 4) is 0 Å². The third-order valence-electron chi connectivity index (χ3n) is 2.15. The van der Waals surface area contributed by atoms with Crippen LogP contribution in [0.1, 0.15) is 25.5 Å². The predicted octanol–water partition coefficient (Wildman–Crippen LogP) is 1.50. The van der Waals surface area contributed by atoms with E-state index < -0.39 is 9.84 Å². The van der Waals surface area contributed by atoms with Crippen LogP contribution in [-0.4, -0.2) is 14.2 Å². The SMILES string of the molecule is CCS(=O)(=O)c1ccc([C@@H](C)N)cc1. The Bertz CT molecular complexity index is 393. The first-order valence-corrected chi connectivity index (χ1v) is 6.21. The molecular formula is C10H15NO2S. The fraction of sp³-hybridized carbons (Fsp3) is 0.400. The molecule has 1 aromatic carbocycles. The van der Waals surface area contributed by atoms with E-state index in [1.54, 1.807) is 31.2 Å². The monoisotopic (exact) mass is 213 g/mol. The first-order chi connectivity index (χ1) is 6.47. The van der Waals surface area contributed by atoms with Crippen molar-refractivity contribution < 1.29 is 8.42 Å². The molecular weight excluding hydrogens is 198 g/mol. The van der Waals surface area contributed by atoms with Crippen LogP contribution in [0.5, 0.6) is 0 Å². The van der Waals surface area contributed by atoms with E-state index in [0.29, 0.717) is 4.90 Å². The summed E-state index contributed by atoms with van der Waals surface area (Å²) in [6, 6.07) is 6.67. The highest BCUT2D eigenvalue weighted by Crippen LogP contribution is 2.15. The molecule has 0 amide bonds. The summed E-state index contributed by atoms with van der Waals surface area (Å²) in [5, 5.41) is 0. The number of hydrogen-bond acceptors (Lipinski definition) is 3. The summed E-state index contributed by atoms with van der Waals surface area (Å²) in [4.78, 5) is 0.365. The zero-order chi connectivity index (χ0) is 10.8. The van der Waals surface area contributed by atoms with Crippen molar-refractivity contribution in [3.63, 3.8) is 0 Å². The molecule has 1 rings (SSSR count). The molecule has 0 aromatic heterocycles. The summed E-state index contributed by atoms with van der Waals surface area (Å²) in [5.41, 5.74) is 6.60. The number of benzene rings is 1. The van der Waals surface area contributed by atoms with Gasteiger partial charge in [0.2, 0.25) is 0 Å². The highest BCUT2D eigenvalue weighted by Gasteiger charge is 2.11. The maximum Gasteiger partial charge on any atom is 0.178 e. The molecule has 0 saturated carbocycles. The van der Waals surface area contributed by atoms with Crippen LogP contribution >= 0.6 is 0 Å². The van der Waals surface area contributed by atoms with Crippen molar-refractivity contribution in [1.82, 2.24) is 0 Å².